The van der Waals surface area contributed by atoms with Gasteiger partial charge in [-0.1, -0.05) is 18.2 Å². The fourth-order valence-corrected chi connectivity index (χ4v) is 2.34. The van der Waals surface area contributed by atoms with Gasteiger partial charge in [0.1, 0.15) is 5.75 Å². The lowest BCUT2D eigenvalue weighted by Crippen LogP contribution is -2.44. The average Bonchev–Trinajstić information content (AvgIpc) is 2.34. The van der Waals surface area contributed by atoms with Gasteiger partial charge in [0.25, 0.3) is 0 Å². The summed E-state index contributed by atoms with van der Waals surface area (Å²) in [5.41, 5.74) is 2.03. The molecule has 0 unspecified atom stereocenters. The van der Waals surface area contributed by atoms with Gasteiger partial charge >= 0.3 is 0 Å². The number of rotatable bonds is 3. The highest BCUT2D eigenvalue weighted by molar-refractivity contribution is 5.85. The van der Waals surface area contributed by atoms with Gasteiger partial charge in [-0.2, -0.15) is 0 Å². The van der Waals surface area contributed by atoms with Crippen LogP contribution >= 0.6 is 24.8 Å². The number of aryl methyl sites for hydroxylation is 1. The summed E-state index contributed by atoms with van der Waals surface area (Å²) in [5, 5.41) is 13.4. The molecule has 0 spiro atoms. The molecule has 1 aromatic carbocycles. The van der Waals surface area contributed by atoms with Crippen molar-refractivity contribution in [3.8, 4) is 5.75 Å². The van der Waals surface area contributed by atoms with Crippen LogP contribution in [0.15, 0.2) is 30.9 Å². The molecule has 1 atom stereocenters. The van der Waals surface area contributed by atoms with Crippen molar-refractivity contribution in [1.82, 2.24) is 10.2 Å². The van der Waals surface area contributed by atoms with E-state index in [9.17, 15) is 5.11 Å². The van der Waals surface area contributed by atoms with Crippen LogP contribution in [0.5, 0.6) is 5.75 Å². The molecule has 1 aliphatic rings. The largest absolute Gasteiger partial charge is 0.508 e. The highest BCUT2D eigenvalue weighted by atomic mass is 35.5. The number of hydrogen-bond acceptors (Lipinski definition) is 3. The van der Waals surface area contributed by atoms with Crippen LogP contribution < -0.4 is 5.32 Å². The van der Waals surface area contributed by atoms with Crippen LogP contribution in [-0.2, 0) is 0 Å². The maximum Gasteiger partial charge on any atom is 0.120 e. The molecular formula is C14H22Cl2N2O. The minimum absolute atomic E-state index is 0. The normalized spacial score (nSPS) is 16.9. The Hall–Kier alpha value is -0.740. The van der Waals surface area contributed by atoms with E-state index in [1.54, 1.807) is 0 Å². The van der Waals surface area contributed by atoms with Crippen molar-refractivity contribution >= 4 is 24.8 Å². The molecular weight excluding hydrogens is 283 g/mol. The molecule has 1 aromatic rings. The molecule has 5 heteroatoms. The van der Waals surface area contributed by atoms with E-state index in [4.69, 9.17) is 0 Å². The van der Waals surface area contributed by atoms with Crippen molar-refractivity contribution in [2.75, 3.05) is 26.2 Å². The fourth-order valence-electron chi connectivity index (χ4n) is 2.34. The first-order valence-corrected chi connectivity index (χ1v) is 6.09. The van der Waals surface area contributed by atoms with Gasteiger partial charge in [0.15, 0.2) is 0 Å². The van der Waals surface area contributed by atoms with Gasteiger partial charge in [-0.05, 0) is 18.6 Å². The van der Waals surface area contributed by atoms with Crippen LogP contribution in [0, 0.1) is 6.92 Å². The Labute approximate surface area is 127 Å². The highest BCUT2D eigenvalue weighted by Crippen LogP contribution is 2.30. The van der Waals surface area contributed by atoms with Gasteiger partial charge in [-0.25, -0.2) is 0 Å². The Morgan fingerprint density at radius 2 is 1.95 bits per heavy atom. The lowest BCUT2D eigenvalue weighted by molar-refractivity contribution is 0.201. The molecule has 0 bridgehead atoms. The molecule has 1 fully saturated rings. The van der Waals surface area contributed by atoms with E-state index < -0.39 is 0 Å². The molecule has 0 aromatic heterocycles. The SMILES string of the molecule is C=C[C@H](c1ccc(C)cc1O)N1CCNCC1.Cl.Cl. The second-order valence-corrected chi connectivity index (χ2v) is 4.53. The predicted octanol–water partition coefficient (Wildman–Crippen LogP) is 2.68. The van der Waals surface area contributed by atoms with E-state index in [2.05, 4.69) is 16.8 Å². The number of nitrogens with one attached hydrogen (secondary N) is 1. The molecule has 1 heterocycles. The zero-order valence-corrected chi connectivity index (χ0v) is 12.8. The summed E-state index contributed by atoms with van der Waals surface area (Å²) in [6.07, 6.45) is 1.91. The maximum atomic E-state index is 10.0. The number of nitrogens with zero attached hydrogens (tertiary/aromatic N) is 1. The van der Waals surface area contributed by atoms with Crippen molar-refractivity contribution in [1.29, 1.82) is 0 Å². The first-order chi connectivity index (χ1) is 8.22. The summed E-state index contributed by atoms with van der Waals surface area (Å²) < 4.78 is 0. The van der Waals surface area contributed by atoms with Crippen molar-refractivity contribution in [3.63, 3.8) is 0 Å². The number of piperazine rings is 1. The van der Waals surface area contributed by atoms with Crippen LogP contribution in [-0.4, -0.2) is 36.2 Å². The van der Waals surface area contributed by atoms with Crippen molar-refractivity contribution in [3.05, 3.63) is 42.0 Å². The number of phenols is 1. The Bertz CT molecular complexity index is 406. The number of halogens is 2. The number of aromatic hydroxyl groups is 1. The number of hydrogen-bond donors (Lipinski definition) is 2. The molecule has 19 heavy (non-hydrogen) atoms. The third-order valence-electron chi connectivity index (χ3n) is 3.27. The summed E-state index contributed by atoms with van der Waals surface area (Å²) in [6.45, 7) is 9.86. The van der Waals surface area contributed by atoms with Gasteiger partial charge in [0.05, 0.1) is 6.04 Å². The standard InChI is InChI=1S/C14H20N2O.2ClH/c1-3-13(16-8-6-15-7-9-16)12-5-4-11(2)10-14(12)17;;/h3-5,10,13,15,17H,1,6-9H2,2H3;2*1H/t13-;;/m1../s1. The summed E-state index contributed by atoms with van der Waals surface area (Å²) in [7, 11) is 0. The molecule has 0 amide bonds. The van der Waals surface area contributed by atoms with Gasteiger partial charge in [-0.15, -0.1) is 31.4 Å². The minimum Gasteiger partial charge on any atom is -0.508 e. The Morgan fingerprint density at radius 3 is 2.47 bits per heavy atom. The Balaban J connectivity index is 0.00000162. The van der Waals surface area contributed by atoms with E-state index in [0.29, 0.717) is 5.75 Å². The molecule has 3 nitrogen and oxygen atoms in total. The summed E-state index contributed by atoms with van der Waals surface area (Å²) in [5.74, 6) is 0.369. The average molecular weight is 305 g/mol. The molecule has 0 radical (unpaired) electrons. The lowest BCUT2D eigenvalue weighted by Gasteiger charge is -2.33. The zero-order chi connectivity index (χ0) is 12.3. The zero-order valence-electron chi connectivity index (χ0n) is 11.1. The molecule has 0 saturated carbocycles. The van der Waals surface area contributed by atoms with Crippen LogP contribution in [0.25, 0.3) is 0 Å². The van der Waals surface area contributed by atoms with Gasteiger partial charge in [0, 0.05) is 31.7 Å². The second-order valence-electron chi connectivity index (χ2n) is 4.53. The topological polar surface area (TPSA) is 35.5 Å². The summed E-state index contributed by atoms with van der Waals surface area (Å²) in [4.78, 5) is 2.34. The summed E-state index contributed by atoms with van der Waals surface area (Å²) >= 11 is 0. The van der Waals surface area contributed by atoms with Crippen molar-refractivity contribution < 1.29 is 5.11 Å². The Kier molecular flexibility index (Phi) is 8.11. The quantitative estimate of drug-likeness (QED) is 0.843. The summed E-state index contributed by atoms with van der Waals surface area (Å²) in [6, 6.07) is 5.96. The maximum absolute atomic E-state index is 10.0. The molecule has 2 rings (SSSR count). The van der Waals surface area contributed by atoms with Gasteiger partial charge in [-0.3, -0.25) is 4.90 Å². The second kappa shape index (κ2) is 8.43. The third kappa shape index (κ3) is 4.39. The van der Waals surface area contributed by atoms with Crippen LogP contribution in [0.4, 0.5) is 0 Å². The molecule has 108 valence electrons. The van der Waals surface area contributed by atoms with Gasteiger partial charge in [0.2, 0.25) is 0 Å². The molecule has 0 aliphatic carbocycles. The smallest absolute Gasteiger partial charge is 0.120 e. The number of phenolic OH excluding ortho intramolecular Hbond substituents is 1. The van der Waals surface area contributed by atoms with Crippen LogP contribution in [0.2, 0.25) is 0 Å². The molecule has 2 N–H and O–H groups in total. The van der Waals surface area contributed by atoms with E-state index in [1.807, 2.05) is 31.2 Å². The van der Waals surface area contributed by atoms with Crippen LogP contribution in [0.1, 0.15) is 17.2 Å². The first-order valence-electron chi connectivity index (χ1n) is 6.09. The van der Waals surface area contributed by atoms with E-state index >= 15 is 0 Å². The van der Waals surface area contributed by atoms with Crippen LogP contribution in [0.3, 0.4) is 0 Å². The highest BCUT2D eigenvalue weighted by Gasteiger charge is 2.21. The third-order valence-corrected chi connectivity index (χ3v) is 3.27. The predicted molar refractivity (Wildman–Crippen MR) is 84.7 cm³/mol. The Morgan fingerprint density at radius 1 is 1.32 bits per heavy atom. The minimum atomic E-state index is 0. The van der Waals surface area contributed by atoms with Gasteiger partial charge < -0.3 is 10.4 Å². The van der Waals surface area contributed by atoms with Crippen molar-refractivity contribution in [2.45, 2.75) is 13.0 Å². The van der Waals surface area contributed by atoms with E-state index in [0.717, 1.165) is 37.3 Å². The lowest BCUT2D eigenvalue weighted by atomic mass is 10.0. The molecule has 1 aliphatic heterocycles. The monoisotopic (exact) mass is 304 g/mol. The van der Waals surface area contributed by atoms with E-state index in [1.165, 1.54) is 0 Å². The van der Waals surface area contributed by atoms with Crippen molar-refractivity contribution in [2.24, 2.45) is 0 Å². The molecule has 1 saturated heterocycles. The number of benzene rings is 1. The first kappa shape index (κ1) is 18.3. The fraction of sp³-hybridized carbons (Fsp3) is 0.429. The van der Waals surface area contributed by atoms with E-state index in [-0.39, 0.29) is 30.9 Å².